The molecule has 2 heterocycles. The summed E-state index contributed by atoms with van der Waals surface area (Å²) in [6.07, 6.45) is -0.133. The zero-order valence-electron chi connectivity index (χ0n) is 15.8. The van der Waals surface area contributed by atoms with Gasteiger partial charge < -0.3 is 19.3 Å². The third kappa shape index (κ3) is 4.80. The molecule has 2 atom stereocenters. The molecule has 1 N–H and O–H groups in total. The molecule has 0 bridgehead atoms. The fourth-order valence-corrected chi connectivity index (χ4v) is 4.03. The maximum absolute atomic E-state index is 11.4. The van der Waals surface area contributed by atoms with E-state index in [1.807, 2.05) is 17.5 Å². The first-order valence-electron chi connectivity index (χ1n) is 8.87. The highest BCUT2D eigenvalue weighted by Crippen LogP contribution is 2.32. The molecule has 0 radical (unpaired) electrons. The van der Waals surface area contributed by atoms with E-state index < -0.39 is 6.10 Å². The molecule has 1 aromatic heterocycles. The molecule has 3 rings (SSSR count). The maximum atomic E-state index is 11.4. The van der Waals surface area contributed by atoms with Crippen molar-refractivity contribution in [2.24, 2.45) is 0 Å². The van der Waals surface area contributed by atoms with Gasteiger partial charge in [-0.25, -0.2) is 0 Å². The van der Waals surface area contributed by atoms with Crippen LogP contribution in [-0.4, -0.2) is 55.3 Å². The maximum Gasteiger partial charge on any atom is 0.169 e. The Bertz CT molecular complexity index is 790. The highest BCUT2D eigenvalue weighted by molar-refractivity contribution is 7.12. The summed E-state index contributed by atoms with van der Waals surface area (Å²) in [5.74, 6) is 1.98. The van der Waals surface area contributed by atoms with Gasteiger partial charge in [-0.2, -0.15) is 0 Å². The number of thiophene rings is 1. The first-order valence-corrected chi connectivity index (χ1v) is 9.75. The summed E-state index contributed by atoms with van der Waals surface area (Å²) in [5, 5.41) is 12.5. The highest BCUT2D eigenvalue weighted by atomic mass is 32.1. The van der Waals surface area contributed by atoms with Gasteiger partial charge in [0.2, 0.25) is 0 Å². The zero-order valence-corrected chi connectivity index (χ0v) is 16.6. The van der Waals surface area contributed by atoms with Gasteiger partial charge in [0.15, 0.2) is 17.3 Å². The molecule has 1 aliphatic rings. The van der Waals surface area contributed by atoms with Crippen molar-refractivity contribution in [1.29, 1.82) is 0 Å². The van der Waals surface area contributed by atoms with Gasteiger partial charge in [0.05, 0.1) is 19.1 Å². The Morgan fingerprint density at radius 1 is 1.26 bits per heavy atom. The van der Waals surface area contributed by atoms with Crippen LogP contribution in [0.5, 0.6) is 17.2 Å². The van der Waals surface area contributed by atoms with E-state index in [-0.39, 0.29) is 11.9 Å². The molecule has 7 heteroatoms. The molecular weight excluding hydrogens is 366 g/mol. The lowest BCUT2D eigenvalue weighted by atomic mass is 10.0. The molecule has 0 saturated carbocycles. The van der Waals surface area contributed by atoms with E-state index in [1.54, 1.807) is 33.3 Å². The van der Waals surface area contributed by atoms with E-state index in [0.717, 1.165) is 30.0 Å². The van der Waals surface area contributed by atoms with E-state index >= 15 is 0 Å². The van der Waals surface area contributed by atoms with Crippen LogP contribution in [0.1, 0.15) is 28.6 Å². The smallest absolute Gasteiger partial charge is 0.169 e. The molecule has 0 spiro atoms. The Hall–Kier alpha value is -2.09. The third-order valence-corrected chi connectivity index (χ3v) is 5.73. The number of ketones is 1. The molecule has 0 aliphatic carbocycles. The fraction of sp³-hybridized carbons (Fsp3) is 0.450. The molecule has 6 nitrogen and oxygen atoms in total. The summed E-state index contributed by atoms with van der Waals surface area (Å²) in [7, 11) is 3.17. The van der Waals surface area contributed by atoms with E-state index in [9.17, 15) is 9.90 Å². The van der Waals surface area contributed by atoms with Gasteiger partial charge in [-0.1, -0.05) is 0 Å². The SMILES string of the molecule is COc1ccc(O[C@@H]2CCN(Cc3csc(C(C)=O)c3)C[C@H]2O)cc1OC. The van der Waals surface area contributed by atoms with Crippen molar-refractivity contribution in [2.45, 2.75) is 32.1 Å². The monoisotopic (exact) mass is 391 g/mol. The Balaban J connectivity index is 1.57. The van der Waals surface area contributed by atoms with Crippen molar-refractivity contribution in [3.63, 3.8) is 0 Å². The predicted molar refractivity (Wildman–Crippen MR) is 104 cm³/mol. The lowest BCUT2D eigenvalue weighted by Gasteiger charge is -2.35. The minimum absolute atomic E-state index is 0.0910. The second-order valence-electron chi connectivity index (χ2n) is 6.64. The second kappa shape index (κ2) is 8.73. The lowest BCUT2D eigenvalue weighted by molar-refractivity contribution is -0.0275. The van der Waals surface area contributed by atoms with Crippen LogP contribution in [0.4, 0.5) is 0 Å². The van der Waals surface area contributed by atoms with Gasteiger partial charge in [0, 0.05) is 25.7 Å². The number of hydrogen-bond acceptors (Lipinski definition) is 7. The van der Waals surface area contributed by atoms with Crippen LogP contribution in [0, 0.1) is 0 Å². The van der Waals surface area contributed by atoms with Gasteiger partial charge in [0.1, 0.15) is 18.0 Å². The summed E-state index contributed by atoms with van der Waals surface area (Å²) >= 11 is 1.47. The molecule has 1 saturated heterocycles. The van der Waals surface area contributed by atoms with Crippen LogP contribution in [-0.2, 0) is 6.54 Å². The van der Waals surface area contributed by atoms with Crippen molar-refractivity contribution >= 4 is 17.1 Å². The zero-order chi connectivity index (χ0) is 19.4. The Labute approximate surface area is 163 Å². The van der Waals surface area contributed by atoms with Crippen molar-refractivity contribution in [3.05, 3.63) is 40.1 Å². The van der Waals surface area contributed by atoms with Crippen LogP contribution >= 0.6 is 11.3 Å². The Kier molecular flexibility index (Phi) is 6.36. The first kappa shape index (κ1) is 19.7. The Morgan fingerprint density at radius 2 is 2.04 bits per heavy atom. The number of aliphatic hydroxyl groups is 1. The summed E-state index contributed by atoms with van der Waals surface area (Å²) in [6.45, 7) is 3.66. The average molecular weight is 391 g/mol. The quantitative estimate of drug-likeness (QED) is 0.732. The van der Waals surface area contributed by atoms with Crippen molar-refractivity contribution < 1.29 is 24.1 Å². The number of rotatable bonds is 7. The van der Waals surface area contributed by atoms with E-state index in [0.29, 0.717) is 23.8 Å². The molecule has 0 amide bonds. The number of β-amino-alcohol motifs (C(OH)–C–C–N with tert-alkyl or cyclic N) is 1. The van der Waals surface area contributed by atoms with E-state index in [4.69, 9.17) is 14.2 Å². The molecule has 1 aliphatic heterocycles. The van der Waals surface area contributed by atoms with Crippen LogP contribution < -0.4 is 14.2 Å². The van der Waals surface area contributed by atoms with Gasteiger partial charge in [-0.15, -0.1) is 11.3 Å². The van der Waals surface area contributed by atoms with E-state index in [2.05, 4.69) is 4.90 Å². The minimum Gasteiger partial charge on any atom is -0.493 e. The number of likely N-dealkylation sites (tertiary alicyclic amines) is 1. The fourth-order valence-electron chi connectivity index (χ4n) is 3.22. The summed E-state index contributed by atoms with van der Waals surface area (Å²) in [4.78, 5) is 14.4. The van der Waals surface area contributed by atoms with E-state index in [1.165, 1.54) is 11.3 Å². The lowest BCUT2D eigenvalue weighted by Crippen LogP contribution is -2.48. The summed E-state index contributed by atoms with van der Waals surface area (Å²) < 4.78 is 16.5. The van der Waals surface area contributed by atoms with Gasteiger partial charge in [-0.05, 0) is 42.5 Å². The molecular formula is C20H25NO5S. The highest BCUT2D eigenvalue weighted by Gasteiger charge is 2.29. The minimum atomic E-state index is -0.585. The molecule has 27 heavy (non-hydrogen) atoms. The van der Waals surface area contributed by atoms with Crippen molar-refractivity contribution in [2.75, 3.05) is 27.3 Å². The standard InChI is InChI=1S/C20H25NO5S/c1-13(22)20-8-14(12-27-20)10-21-7-6-17(16(23)11-21)26-15-4-5-18(24-2)19(9-15)25-3/h4-5,8-9,12,16-17,23H,6-7,10-11H2,1-3H3/t16-,17-/m1/s1. The predicted octanol–water partition coefficient (Wildman–Crippen LogP) is 2.98. The number of ether oxygens (including phenoxy) is 3. The molecule has 2 aromatic rings. The first-order chi connectivity index (χ1) is 13.0. The number of Topliss-reactive ketones (excluding diaryl/α,β-unsaturated/α-hetero) is 1. The van der Waals surface area contributed by atoms with Crippen molar-refractivity contribution in [3.8, 4) is 17.2 Å². The third-order valence-electron chi connectivity index (χ3n) is 4.65. The second-order valence-corrected chi connectivity index (χ2v) is 7.55. The topological polar surface area (TPSA) is 68.2 Å². The van der Waals surface area contributed by atoms with Gasteiger partial charge >= 0.3 is 0 Å². The average Bonchev–Trinajstić information content (AvgIpc) is 3.12. The molecule has 146 valence electrons. The number of nitrogens with zero attached hydrogens (tertiary/aromatic N) is 1. The van der Waals surface area contributed by atoms with Crippen LogP contribution in [0.2, 0.25) is 0 Å². The number of benzene rings is 1. The van der Waals surface area contributed by atoms with Crippen LogP contribution in [0.25, 0.3) is 0 Å². The number of carbonyl (C=O) groups excluding carboxylic acids is 1. The molecule has 1 fully saturated rings. The van der Waals surface area contributed by atoms with Crippen molar-refractivity contribution in [1.82, 2.24) is 4.90 Å². The van der Waals surface area contributed by atoms with Gasteiger partial charge in [0.25, 0.3) is 0 Å². The normalized spacial score (nSPS) is 20.3. The molecule has 1 aromatic carbocycles. The van der Waals surface area contributed by atoms with Gasteiger partial charge in [-0.3, -0.25) is 9.69 Å². The van der Waals surface area contributed by atoms with Crippen LogP contribution in [0.15, 0.2) is 29.6 Å². The van der Waals surface area contributed by atoms with Crippen LogP contribution in [0.3, 0.4) is 0 Å². The Morgan fingerprint density at radius 3 is 2.67 bits per heavy atom. The number of carbonyl (C=O) groups is 1. The number of hydrogen-bond donors (Lipinski definition) is 1. The summed E-state index contributed by atoms with van der Waals surface area (Å²) in [5.41, 5.74) is 1.11. The molecule has 0 unspecified atom stereocenters. The number of piperidine rings is 1. The number of aliphatic hydroxyl groups excluding tert-OH is 1. The summed E-state index contributed by atoms with van der Waals surface area (Å²) in [6, 6.07) is 7.31. The largest absolute Gasteiger partial charge is 0.493 e. The number of methoxy groups -OCH3 is 2.